The fraction of sp³-hybridized carbons (Fsp3) is 0.429. The first-order chi connectivity index (χ1) is 8.77. The Morgan fingerprint density at radius 2 is 1.79 bits per heavy atom. The molecule has 0 aliphatic carbocycles. The van der Waals surface area contributed by atoms with Crippen molar-refractivity contribution >= 4 is 24.2 Å². The zero-order chi connectivity index (χ0) is 12.5. The molecule has 0 unspecified atom stereocenters. The average molecular weight is 281 g/mol. The molecule has 102 valence electrons. The Morgan fingerprint density at radius 3 is 2.32 bits per heavy atom. The van der Waals surface area contributed by atoms with E-state index in [4.69, 9.17) is 0 Å². The summed E-state index contributed by atoms with van der Waals surface area (Å²) in [5, 5.41) is 3.31. The van der Waals surface area contributed by atoms with Gasteiger partial charge in [-0.05, 0) is 44.0 Å². The molecule has 0 spiro atoms. The Hall–Kier alpha value is -1.39. The first-order valence-corrected chi connectivity index (χ1v) is 6.43. The predicted octanol–water partition coefficient (Wildman–Crippen LogP) is 1.70. The summed E-state index contributed by atoms with van der Waals surface area (Å²) in [4.78, 5) is 25.7. The third kappa shape index (κ3) is 2.51. The summed E-state index contributed by atoms with van der Waals surface area (Å²) < 4.78 is 0. The van der Waals surface area contributed by atoms with Crippen molar-refractivity contribution in [3.63, 3.8) is 0 Å². The van der Waals surface area contributed by atoms with E-state index in [2.05, 4.69) is 5.32 Å². The normalized spacial score (nSPS) is 22.1. The van der Waals surface area contributed by atoms with Gasteiger partial charge in [0.05, 0.1) is 11.1 Å². The number of carbonyl (C=O) groups excluding carboxylic acids is 2. The maximum absolute atomic E-state index is 12.2. The van der Waals surface area contributed by atoms with E-state index in [1.807, 2.05) is 0 Å². The summed E-state index contributed by atoms with van der Waals surface area (Å²) in [5.41, 5.74) is 1.09. The lowest BCUT2D eigenvalue weighted by molar-refractivity contribution is 0.0621. The van der Waals surface area contributed by atoms with E-state index in [0.29, 0.717) is 23.6 Å². The van der Waals surface area contributed by atoms with Gasteiger partial charge in [0, 0.05) is 6.54 Å². The van der Waals surface area contributed by atoms with Gasteiger partial charge >= 0.3 is 0 Å². The van der Waals surface area contributed by atoms with Gasteiger partial charge in [-0.25, -0.2) is 0 Å². The molecule has 3 rings (SSSR count). The van der Waals surface area contributed by atoms with Gasteiger partial charge < -0.3 is 5.32 Å². The smallest absolute Gasteiger partial charge is 0.261 e. The summed E-state index contributed by atoms with van der Waals surface area (Å²) in [7, 11) is 0. The molecule has 5 heteroatoms. The Morgan fingerprint density at radius 1 is 1.16 bits per heavy atom. The molecule has 0 radical (unpaired) electrons. The fourth-order valence-electron chi connectivity index (χ4n) is 2.74. The standard InChI is InChI=1S/C14H16N2O2.ClH/c17-13-11-5-1-2-6-12(11)14(18)16(13)9-10-4-3-7-15-8-10;/h1-2,5-6,10,15H,3-4,7-9H2;1H/t10-;/m1./s1. The van der Waals surface area contributed by atoms with Crippen LogP contribution in [0.1, 0.15) is 33.6 Å². The second-order valence-corrected chi connectivity index (χ2v) is 4.98. The van der Waals surface area contributed by atoms with Gasteiger partial charge in [0.25, 0.3) is 11.8 Å². The molecule has 0 saturated carbocycles. The summed E-state index contributed by atoms with van der Waals surface area (Å²) >= 11 is 0. The number of hydrogen-bond acceptors (Lipinski definition) is 3. The number of carbonyl (C=O) groups is 2. The van der Waals surface area contributed by atoms with Gasteiger partial charge in [-0.1, -0.05) is 12.1 Å². The second-order valence-electron chi connectivity index (χ2n) is 4.98. The Balaban J connectivity index is 0.00000133. The Bertz CT molecular complexity index is 463. The highest BCUT2D eigenvalue weighted by Crippen LogP contribution is 2.24. The van der Waals surface area contributed by atoms with E-state index in [9.17, 15) is 9.59 Å². The van der Waals surface area contributed by atoms with Crippen molar-refractivity contribution in [2.75, 3.05) is 19.6 Å². The number of fused-ring (bicyclic) bond motifs is 1. The summed E-state index contributed by atoms with van der Waals surface area (Å²) in [5.74, 6) is 0.114. The van der Waals surface area contributed by atoms with Crippen LogP contribution < -0.4 is 5.32 Å². The van der Waals surface area contributed by atoms with Crippen molar-refractivity contribution < 1.29 is 9.59 Å². The molecule has 1 atom stereocenters. The highest BCUT2D eigenvalue weighted by atomic mass is 35.5. The summed E-state index contributed by atoms with van der Waals surface area (Å²) in [6, 6.07) is 7.06. The number of hydrogen-bond donors (Lipinski definition) is 1. The quantitative estimate of drug-likeness (QED) is 0.839. The maximum Gasteiger partial charge on any atom is 0.261 e. The minimum absolute atomic E-state index is 0. The minimum Gasteiger partial charge on any atom is -0.316 e. The van der Waals surface area contributed by atoms with Crippen molar-refractivity contribution in [2.45, 2.75) is 12.8 Å². The Kier molecular flexibility index (Phi) is 4.22. The van der Waals surface area contributed by atoms with Crippen LogP contribution in [0.4, 0.5) is 0 Å². The molecular formula is C14H17ClN2O2. The van der Waals surface area contributed by atoms with Gasteiger partial charge in [0.15, 0.2) is 0 Å². The molecule has 2 aliphatic heterocycles. The number of imide groups is 1. The van der Waals surface area contributed by atoms with Gasteiger partial charge in [-0.2, -0.15) is 0 Å². The van der Waals surface area contributed by atoms with Crippen LogP contribution in [0.5, 0.6) is 0 Å². The van der Waals surface area contributed by atoms with Crippen LogP contribution in [0.25, 0.3) is 0 Å². The molecule has 0 aromatic heterocycles. The van der Waals surface area contributed by atoms with Crippen molar-refractivity contribution in [3.05, 3.63) is 35.4 Å². The molecular weight excluding hydrogens is 264 g/mol. The lowest BCUT2D eigenvalue weighted by Gasteiger charge is -2.26. The number of nitrogens with one attached hydrogen (secondary N) is 1. The first kappa shape index (κ1) is 14.0. The highest BCUT2D eigenvalue weighted by molar-refractivity contribution is 6.21. The number of nitrogens with zero attached hydrogens (tertiary/aromatic N) is 1. The number of piperidine rings is 1. The van der Waals surface area contributed by atoms with Crippen LogP contribution in [-0.2, 0) is 0 Å². The zero-order valence-electron chi connectivity index (χ0n) is 10.6. The third-order valence-corrected chi connectivity index (χ3v) is 3.72. The molecule has 2 amide bonds. The van der Waals surface area contributed by atoms with Crippen LogP contribution in [0.15, 0.2) is 24.3 Å². The summed E-state index contributed by atoms with van der Waals surface area (Å²) in [6.45, 7) is 2.48. The van der Waals surface area contributed by atoms with E-state index >= 15 is 0 Å². The van der Waals surface area contributed by atoms with Crippen molar-refractivity contribution in [2.24, 2.45) is 5.92 Å². The van der Waals surface area contributed by atoms with Gasteiger partial charge in [-0.15, -0.1) is 12.4 Å². The fourth-order valence-corrected chi connectivity index (χ4v) is 2.74. The molecule has 1 aromatic carbocycles. The Labute approximate surface area is 118 Å². The van der Waals surface area contributed by atoms with Crippen LogP contribution >= 0.6 is 12.4 Å². The molecule has 4 nitrogen and oxygen atoms in total. The average Bonchev–Trinajstić information content (AvgIpc) is 2.66. The van der Waals surface area contributed by atoms with Gasteiger partial charge in [-0.3, -0.25) is 14.5 Å². The van der Waals surface area contributed by atoms with E-state index < -0.39 is 0 Å². The molecule has 2 aliphatic rings. The van der Waals surface area contributed by atoms with E-state index in [1.54, 1.807) is 24.3 Å². The zero-order valence-corrected chi connectivity index (χ0v) is 11.4. The van der Waals surface area contributed by atoms with E-state index in [1.165, 1.54) is 4.90 Å². The lowest BCUT2D eigenvalue weighted by atomic mass is 9.99. The van der Waals surface area contributed by atoms with Crippen LogP contribution in [0, 0.1) is 5.92 Å². The molecule has 2 heterocycles. The predicted molar refractivity (Wildman–Crippen MR) is 74.7 cm³/mol. The maximum atomic E-state index is 12.2. The van der Waals surface area contributed by atoms with Gasteiger partial charge in [0.1, 0.15) is 0 Å². The molecule has 19 heavy (non-hydrogen) atoms. The molecule has 1 N–H and O–H groups in total. The van der Waals surface area contributed by atoms with Crippen molar-refractivity contribution in [1.29, 1.82) is 0 Å². The largest absolute Gasteiger partial charge is 0.316 e. The highest BCUT2D eigenvalue weighted by Gasteiger charge is 2.36. The molecule has 1 aromatic rings. The van der Waals surface area contributed by atoms with E-state index in [-0.39, 0.29) is 24.2 Å². The monoisotopic (exact) mass is 280 g/mol. The molecule has 1 saturated heterocycles. The SMILES string of the molecule is Cl.O=C1c2ccccc2C(=O)N1C[C@@H]1CCCNC1. The minimum atomic E-state index is -0.138. The molecule has 1 fully saturated rings. The van der Waals surface area contributed by atoms with Crippen molar-refractivity contribution in [3.8, 4) is 0 Å². The number of amides is 2. The number of benzene rings is 1. The second kappa shape index (κ2) is 5.72. The third-order valence-electron chi connectivity index (χ3n) is 3.72. The van der Waals surface area contributed by atoms with Crippen molar-refractivity contribution in [1.82, 2.24) is 10.2 Å². The lowest BCUT2D eigenvalue weighted by Crippen LogP contribution is -2.40. The van der Waals surface area contributed by atoms with E-state index in [0.717, 1.165) is 25.9 Å². The van der Waals surface area contributed by atoms with Crippen LogP contribution in [0.2, 0.25) is 0 Å². The topological polar surface area (TPSA) is 49.4 Å². The first-order valence-electron chi connectivity index (χ1n) is 6.43. The molecule has 0 bridgehead atoms. The van der Waals surface area contributed by atoms with Gasteiger partial charge in [0.2, 0.25) is 0 Å². The van der Waals surface area contributed by atoms with Crippen LogP contribution in [0.3, 0.4) is 0 Å². The van der Waals surface area contributed by atoms with Crippen LogP contribution in [-0.4, -0.2) is 36.3 Å². The summed E-state index contributed by atoms with van der Waals surface area (Å²) in [6.07, 6.45) is 2.20. The number of halogens is 1. The number of rotatable bonds is 2.